The Balaban J connectivity index is 1.62. The van der Waals surface area contributed by atoms with Crippen LogP contribution in [-0.4, -0.2) is 4.92 Å². The van der Waals surface area contributed by atoms with Crippen LogP contribution in [0.3, 0.4) is 0 Å². The van der Waals surface area contributed by atoms with Gasteiger partial charge in [-0.15, -0.1) is 0 Å². The van der Waals surface area contributed by atoms with Gasteiger partial charge in [0, 0.05) is 23.0 Å². The van der Waals surface area contributed by atoms with Crippen molar-refractivity contribution < 1.29 is 4.92 Å². The summed E-state index contributed by atoms with van der Waals surface area (Å²) >= 11 is 0. The zero-order chi connectivity index (χ0) is 19.5. The largest absolute Gasteiger partial charge is 0.273 e. The van der Waals surface area contributed by atoms with Gasteiger partial charge < -0.3 is 0 Å². The second kappa shape index (κ2) is 6.03. The summed E-state index contributed by atoms with van der Waals surface area (Å²) in [5.41, 5.74) is 7.59. The molecule has 3 aliphatic rings. The number of nitro benzene ring substituents is 1. The maximum absolute atomic E-state index is 11.7. The van der Waals surface area contributed by atoms with E-state index in [1.807, 2.05) is 12.1 Å². The molecule has 0 fully saturated rings. The van der Waals surface area contributed by atoms with Gasteiger partial charge in [0.1, 0.15) is 0 Å². The van der Waals surface area contributed by atoms with Crippen LogP contribution in [0.4, 0.5) is 5.69 Å². The van der Waals surface area contributed by atoms with Crippen LogP contribution in [0, 0.1) is 16.0 Å². The van der Waals surface area contributed by atoms with Gasteiger partial charge in [-0.2, -0.15) is 0 Å². The van der Waals surface area contributed by atoms with Crippen molar-refractivity contribution in [2.75, 3.05) is 0 Å². The Morgan fingerprint density at radius 1 is 1.07 bits per heavy atom. The van der Waals surface area contributed by atoms with Gasteiger partial charge in [0.2, 0.25) is 0 Å². The van der Waals surface area contributed by atoms with Crippen LogP contribution in [0.25, 0.3) is 11.6 Å². The summed E-state index contributed by atoms with van der Waals surface area (Å²) < 4.78 is 0. The van der Waals surface area contributed by atoms with Gasteiger partial charge in [-0.3, -0.25) is 10.1 Å². The first-order chi connectivity index (χ1) is 13.5. The highest BCUT2D eigenvalue weighted by Gasteiger charge is 2.41. The summed E-state index contributed by atoms with van der Waals surface area (Å²) in [7, 11) is 0. The molecule has 2 atom stereocenters. The maximum atomic E-state index is 11.7. The predicted molar refractivity (Wildman–Crippen MR) is 113 cm³/mol. The van der Waals surface area contributed by atoms with Gasteiger partial charge in [0.15, 0.2) is 0 Å². The highest BCUT2D eigenvalue weighted by atomic mass is 16.6. The minimum absolute atomic E-state index is 0.0176. The molecule has 3 heteroatoms. The van der Waals surface area contributed by atoms with E-state index in [0.29, 0.717) is 0 Å². The maximum Gasteiger partial charge on any atom is 0.273 e. The van der Waals surface area contributed by atoms with E-state index in [1.54, 1.807) is 12.1 Å². The Hall–Kier alpha value is -2.94. The molecule has 2 unspecified atom stereocenters. The number of benzene rings is 2. The highest BCUT2D eigenvalue weighted by molar-refractivity contribution is 5.90. The van der Waals surface area contributed by atoms with E-state index >= 15 is 0 Å². The monoisotopic (exact) mass is 369 g/mol. The first-order valence-electron chi connectivity index (χ1n) is 9.95. The van der Waals surface area contributed by atoms with Crippen LogP contribution in [0.5, 0.6) is 0 Å². The number of nitro groups is 1. The molecule has 0 saturated heterocycles. The van der Waals surface area contributed by atoms with Crippen LogP contribution in [0.15, 0.2) is 66.3 Å². The normalized spacial score (nSPS) is 23.9. The van der Waals surface area contributed by atoms with Crippen molar-refractivity contribution in [1.29, 1.82) is 0 Å². The molecule has 3 nitrogen and oxygen atoms in total. The van der Waals surface area contributed by atoms with Crippen molar-refractivity contribution in [2.24, 2.45) is 5.92 Å². The molecule has 0 spiro atoms. The molecule has 0 bridgehead atoms. The first kappa shape index (κ1) is 17.2. The zero-order valence-corrected chi connectivity index (χ0v) is 16.2. The van der Waals surface area contributed by atoms with Gasteiger partial charge in [0.05, 0.1) is 4.92 Å². The molecule has 28 heavy (non-hydrogen) atoms. The lowest BCUT2D eigenvalue weighted by Crippen LogP contribution is -2.20. The molecule has 0 aliphatic heterocycles. The van der Waals surface area contributed by atoms with Crippen molar-refractivity contribution in [2.45, 2.75) is 38.0 Å². The van der Waals surface area contributed by atoms with Crippen LogP contribution >= 0.6 is 0 Å². The van der Waals surface area contributed by atoms with Crippen molar-refractivity contribution in [3.05, 3.63) is 98.6 Å². The molecule has 0 radical (unpaired) electrons. The molecule has 140 valence electrons. The summed E-state index contributed by atoms with van der Waals surface area (Å²) in [6, 6.07) is 14.1. The highest BCUT2D eigenvalue weighted by Crippen LogP contribution is 2.54. The van der Waals surface area contributed by atoms with E-state index in [9.17, 15) is 10.1 Å². The van der Waals surface area contributed by atoms with Crippen molar-refractivity contribution in [1.82, 2.24) is 0 Å². The third-order valence-corrected chi connectivity index (χ3v) is 6.72. The zero-order valence-electron chi connectivity index (χ0n) is 16.2. The molecule has 3 aliphatic carbocycles. The van der Waals surface area contributed by atoms with Crippen molar-refractivity contribution >= 4 is 17.3 Å². The molecule has 0 amide bonds. The molecule has 2 aromatic carbocycles. The van der Waals surface area contributed by atoms with E-state index in [2.05, 4.69) is 56.3 Å². The molecular formula is C25H23NO2. The van der Waals surface area contributed by atoms with Crippen LogP contribution in [0.1, 0.15) is 54.9 Å². The van der Waals surface area contributed by atoms with Crippen LogP contribution in [-0.2, 0) is 5.41 Å². The summed E-state index contributed by atoms with van der Waals surface area (Å²) in [5, 5.41) is 11.7. The molecule has 2 aromatic rings. The number of fused-ring (bicyclic) bond motifs is 4. The molecule has 0 N–H and O–H groups in total. The fourth-order valence-electron chi connectivity index (χ4n) is 5.38. The molecule has 0 saturated carbocycles. The Kier molecular flexibility index (Phi) is 3.70. The standard InChI is InChI=1S/C25H23NO2/c1-25(2)21-11-4-3-9-19(21)20-15-17(13-14-22(20)25)18-10-5-7-16-8-6-12-23(24(16)18)26(27)28/h3-9,11-12,14-15,17-18H,10,13H2,1-2H3. The second-order valence-corrected chi connectivity index (χ2v) is 8.55. The van der Waals surface area contributed by atoms with Crippen molar-refractivity contribution in [3.63, 3.8) is 0 Å². The predicted octanol–water partition coefficient (Wildman–Crippen LogP) is 6.42. The van der Waals surface area contributed by atoms with E-state index in [4.69, 9.17) is 0 Å². The lowest BCUT2D eigenvalue weighted by molar-refractivity contribution is -0.385. The van der Waals surface area contributed by atoms with Gasteiger partial charge >= 0.3 is 0 Å². The summed E-state index contributed by atoms with van der Waals surface area (Å²) in [5.74, 6) is 0.410. The Labute approximate surface area is 165 Å². The van der Waals surface area contributed by atoms with Crippen LogP contribution < -0.4 is 0 Å². The molecule has 0 aromatic heterocycles. The van der Waals surface area contributed by atoms with E-state index in [-0.39, 0.29) is 27.9 Å². The van der Waals surface area contributed by atoms with Gasteiger partial charge in [-0.1, -0.05) is 74.5 Å². The lowest BCUT2D eigenvalue weighted by Gasteiger charge is -2.31. The summed E-state index contributed by atoms with van der Waals surface area (Å²) in [4.78, 5) is 11.5. The average molecular weight is 369 g/mol. The quantitative estimate of drug-likeness (QED) is 0.453. The molecule has 5 rings (SSSR count). The van der Waals surface area contributed by atoms with Gasteiger partial charge in [-0.25, -0.2) is 0 Å². The number of allylic oxidation sites excluding steroid dienone is 5. The first-order valence-corrected chi connectivity index (χ1v) is 9.95. The Morgan fingerprint density at radius 2 is 1.89 bits per heavy atom. The topological polar surface area (TPSA) is 43.1 Å². The van der Waals surface area contributed by atoms with E-state index < -0.39 is 0 Å². The average Bonchev–Trinajstić information content (AvgIpc) is 2.94. The number of hydrogen-bond donors (Lipinski definition) is 0. The number of rotatable bonds is 2. The summed E-state index contributed by atoms with van der Waals surface area (Å²) in [6.45, 7) is 4.59. The van der Waals surface area contributed by atoms with Crippen molar-refractivity contribution in [3.8, 4) is 0 Å². The fraction of sp³-hybridized carbons (Fsp3) is 0.280. The third-order valence-electron chi connectivity index (χ3n) is 6.72. The summed E-state index contributed by atoms with van der Waals surface area (Å²) in [6.07, 6.45) is 10.8. The number of nitrogens with zero attached hydrogens (tertiary/aromatic N) is 1. The SMILES string of the molecule is CC1(C)C2=CCC(C3CC=Cc4cccc([N+](=O)[O-])c43)C=C2c2ccccc21. The molecule has 0 heterocycles. The minimum Gasteiger partial charge on any atom is -0.258 e. The fourth-order valence-corrected chi connectivity index (χ4v) is 5.38. The third kappa shape index (κ3) is 2.35. The smallest absolute Gasteiger partial charge is 0.258 e. The van der Waals surface area contributed by atoms with Crippen LogP contribution in [0.2, 0.25) is 0 Å². The van der Waals surface area contributed by atoms with E-state index in [1.165, 1.54) is 22.3 Å². The van der Waals surface area contributed by atoms with E-state index in [0.717, 1.165) is 24.0 Å². The lowest BCUT2D eigenvalue weighted by atomic mass is 9.72. The Morgan fingerprint density at radius 3 is 2.71 bits per heavy atom. The second-order valence-electron chi connectivity index (χ2n) is 8.55. The number of hydrogen-bond acceptors (Lipinski definition) is 2. The van der Waals surface area contributed by atoms with Gasteiger partial charge in [0.25, 0.3) is 5.69 Å². The Bertz CT molecular complexity index is 1090. The van der Waals surface area contributed by atoms with Gasteiger partial charge in [-0.05, 0) is 46.6 Å². The molecular weight excluding hydrogens is 346 g/mol. The minimum atomic E-state index is -0.226.